The number of allylic oxidation sites excluding steroid dienone is 1. The molecule has 44 heavy (non-hydrogen) atoms. The Hall–Kier alpha value is -5.88. The van der Waals surface area contributed by atoms with E-state index in [0.717, 1.165) is 55.8 Å². The molecule has 0 saturated carbocycles. The molecule has 6 rings (SSSR count). The molecule has 6 aromatic rings. The van der Waals surface area contributed by atoms with Crippen LogP contribution in [0.4, 0.5) is 5.69 Å². The van der Waals surface area contributed by atoms with Crippen LogP contribution in [0.15, 0.2) is 151 Å². The van der Waals surface area contributed by atoms with E-state index in [1.165, 1.54) is 0 Å². The van der Waals surface area contributed by atoms with E-state index in [1.54, 1.807) is 12.4 Å². The molecule has 0 atom stereocenters. The predicted octanol–water partition coefficient (Wildman–Crippen LogP) is 8.01. The monoisotopic (exact) mass is 573 g/mol. The third-order valence-corrected chi connectivity index (χ3v) is 7.15. The zero-order valence-corrected chi connectivity index (χ0v) is 24.3. The highest BCUT2D eigenvalue weighted by Crippen LogP contribution is 2.29. The van der Waals surface area contributed by atoms with Gasteiger partial charge in [-0.05, 0) is 54.1 Å². The van der Waals surface area contributed by atoms with E-state index in [-0.39, 0.29) is 6.61 Å². The summed E-state index contributed by atoms with van der Waals surface area (Å²) in [6.07, 6.45) is 5.28. The minimum atomic E-state index is 0.276. The van der Waals surface area contributed by atoms with Gasteiger partial charge in [-0.3, -0.25) is 10.4 Å². The van der Waals surface area contributed by atoms with Crippen LogP contribution in [0.2, 0.25) is 0 Å². The molecule has 6 nitrogen and oxygen atoms in total. The molecule has 0 aliphatic rings. The molecule has 4 aromatic carbocycles. The lowest BCUT2D eigenvalue weighted by molar-refractivity contribution is 0.302. The van der Waals surface area contributed by atoms with Crippen LogP contribution in [0.25, 0.3) is 16.5 Å². The van der Waals surface area contributed by atoms with E-state index < -0.39 is 0 Å². The molecule has 0 aliphatic heterocycles. The SMILES string of the molecule is CN/C=C(\C(=N)c1ccc(OCc2cc(N=C(c3ccccc3)c3ccccc3)c3ccccc3n2)cc1)c1ccncc1. The minimum Gasteiger partial charge on any atom is -0.487 e. The Morgan fingerprint density at radius 1 is 0.750 bits per heavy atom. The predicted molar refractivity (Wildman–Crippen MR) is 179 cm³/mol. The minimum absolute atomic E-state index is 0.276. The Morgan fingerprint density at radius 3 is 2.05 bits per heavy atom. The highest BCUT2D eigenvalue weighted by Gasteiger charge is 2.13. The summed E-state index contributed by atoms with van der Waals surface area (Å²) in [6, 6.07) is 41.9. The van der Waals surface area contributed by atoms with Gasteiger partial charge >= 0.3 is 0 Å². The number of aliphatic imine (C=N–C) groups is 1. The van der Waals surface area contributed by atoms with E-state index in [4.69, 9.17) is 20.1 Å². The van der Waals surface area contributed by atoms with Crippen molar-refractivity contribution in [3.63, 3.8) is 0 Å². The van der Waals surface area contributed by atoms with Crippen molar-refractivity contribution in [2.75, 3.05) is 7.05 Å². The number of hydrogen-bond donors (Lipinski definition) is 2. The first-order chi connectivity index (χ1) is 21.7. The Balaban J connectivity index is 1.27. The molecule has 0 radical (unpaired) electrons. The standard InChI is InChI=1S/C38H31N5O/c1-40-25-34(27-20-22-41-23-21-27)37(39)28-16-18-32(19-17-28)44-26-31-24-36(33-14-8-9-15-35(33)42-31)43-38(29-10-4-2-5-11-29)30-12-6-3-7-13-30/h2-25,39-40H,26H2,1H3/b34-25-,39-37?. The van der Waals surface area contributed by atoms with Crippen molar-refractivity contribution in [3.05, 3.63) is 174 Å². The number of hydrogen-bond acceptors (Lipinski definition) is 6. The summed E-state index contributed by atoms with van der Waals surface area (Å²) in [4.78, 5) is 14.2. The molecular weight excluding hydrogens is 542 g/mol. The summed E-state index contributed by atoms with van der Waals surface area (Å²) in [5, 5.41) is 12.8. The smallest absolute Gasteiger partial charge is 0.130 e. The van der Waals surface area contributed by atoms with Gasteiger partial charge in [0.05, 0.1) is 28.3 Å². The third kappa shape index (κ3) is 6.45. The molecule has 2 heterocycles. The van der Waals surface area contributed by atoms with Crippen LogP contribution in [0, 0.1) is 5.41 Å². The normalized spacial score (nSPS) is 11.2. The summed E-state index contributed by atoms with van der Waals surface area (Å²) >= 11 is 0. The van der Waals surface area contributed by atoms with Crippen molar-refractivity contribution < 1.29 is 4.74 Å². The Morgan fingerprint density at radius 2 is 1.39 bits per heavy atom. The number of nitrogens with one attached hydrogen (secondary N) is 2. The maximum absolute atomic E-state index is 8.82. The van der Waals surface area contributed by atoms with Gasteiger partial charge in [0.2, 0.25) is 0 Å². The van der Waals surface area contributed by atoms with Crippen LogP contribution < -0.4 is 10.1 Å². The third-order valence-electron chi connectivity index (χ3n) is 7.15. The summed E-state index contributed by atoms with van der Waals surface area (Å²) in [5.41, 5.74) is 8.33. The van der Waals surface area contributed by atoms with Gasteiger partial charge < -0.3 is 10.1 Å². The summed E-state index contributed by atoms with van der Waals surface area (Å²) < 4.78 is 6.18. The van der Waals surface area contributed by atoms with Gasteiger partial charge in [0, 0.05) is 53.3 Å². The fraction of sp³-hybridized carbons (Fsp3) is 0.0526. The van der Waals surface area contributed by atoms with Crippen LogP contribution in [-0.2, 0) is 6.61 Å². The Bertz CT molecular complexity index is 1890. The van der Waals surface area contributed by atoms with Crippen LogP contribution in [0.1, 0.15) is 27.9 Å². The lowest BCUT2D eigenvalue weighted by Gasteiger charge is -2.13. The zero-order chi connectivity index (χ0) is 30.1. The molecule has 0 spiro atoms. The second-order valence-corrected chi connectivity index (χ2v) is 10.1. The first-order valence-electron chi connectivity index (χ1n) is 14.4. The summed E-state index contributed by atoms with van der Waals surface area (Å²) in [5.74, 6) is 0.693. The van der Waals surface area contributed by atoms with Gasteiger partial charge in [0.25, 0.3) is 0 Å². The second kappa shape index (κ2) is 13.4. The van der Waals surface area contributed by atoms with E-state index in [9.17, 15) is 0 Å². The number of fused-ring (bicyclic) bond motifs is 1. The first-order valence-corrected chi connectivity index (χ1v) is 14.4. The molecule has 214 valence electrons. The zero-order valence-electron chi connectivity index (χ0n) is 24.3. The van der Waals surface area contributed by atoms with Crippen LogP contribution in [0.5, 0.6) is 5.75 Å². The Kier molecular flexibility index (Phi) is 8.60. The lowest BCUT2D eigenvalue weighted by atomic mass is 9.97. The van der Waals surface area contributed by atoms with Gasteiger partial charge in [-0.15, -0.1) is 0 Å². The fourth-order valence-corrected chi connectivity index (χ4v) is 4.99. The molecule has 0 bridgehead atoms. The molecule has 0 saturated heterocycles. The van der Waals surface area contributed by atoms with E-state index in [0.29, 0.717) is 11.5 Å². The van der Waals surface area contributed by atoms with E-state index in [1.807, 2.05) is 110 Å². The highest BCUT2D eigenvalue weighted by molar-refractivity contribution is 6.30. The van der Waals surface area contributed by atoms with Gasteiger partial charge in [0.15, 0.2) is 0 Å². The highest BCUT2D eigenvalue weighted by atomic mass is 16.5. The molecule has 0 unspecified atom stereocenters. The number of pyridine rings is 2. The van der Waals surface area contributed by atoms with Crippen molar-refractivity contribution >= 4 is 33.6 Å². The number of ether oxygens (including phenoxy) is 1. The van der Waals surface area contributed by atoms with Gasteiger partial charge in [-0.1, -0.05) is 78.9 Å². The molecule has 2 aromatic heterocycles. The number of benzene rings is 4. The molecule has 0 aliphatic carbocycles. The summed E-state index contributed by atoms with van der Waals surface area (Å²) in [7, 11) is 1.83. The van der Waals surface area contributed by atoms with Gasteiger partial charge in [-0.25, -0.2) is 9.98 Å². The number of para-hydroxylation sites is 1. The maximum Gasteiger partial charge on any atom is 0.130 e. The average molecular weight is 574 g/mol. The van der Waals surface area contributed by atoms with Gasteiger partial charge in [-0.2, -0.15) is 0 Å². The Labute approximate surface area is 257 Å². The number of nitrogens with zero attached hydrogens (tertiary/aromatic N) is 3. The molecular formula is C38H31N5O. The second-order valence-electron chi connectivity index (χ2n) is 10.1. The molecule has 2 N–H and O–H groups in total. The topological polar surface area (TPSA) is 83.2 Å². The fourth-order valence-electron chi connectivity index (χ4n) is 4.99. The molecule has 0 fully saturated rings. The van der Waals surface area contributed by atoms with Crippen LogP contribution >= 0.6 is 0 Å². The number of rotatable bonds is 10. The van der Waals surface area contributed by atoms with Crippen molar-refractivity contribution in [2.45, 2.75) is 6.61 Å². The van der Waals surface area contributed by atoms with E-state index in [2.05, 4.69) is 40.6 Å². The largest absolute Gasteiger partial charge is 0.487 e. The van der Waals surface area contributed by atoms with Crippen molar-refractivity contribution in [1.82, 2.24) is 15.3 Å². The van der Waals surface area contributed by atoms with Crippen molar-refractivity contribution in [2.24, 2.45) is 4.99 Å². The van der Waals surface area contributed by atoms with Crippen LogP contribution in [0.3, 0.4) is 0 Å². The van der Waals surface area contributed by atoms with Crippen molar-refractivity contribution in [1.29, 1.82) is 5.41 Å². The van der Waals surface area contributed by atoms with Crippen molar-refractivity contribution in [3.8, 4) is 5.75 Å². The summed E-state index contributed by atoms with van der Waals surface area (Å²) in [6.45, 7) is 0.276. The van der Waals surface area contributed by atoms with E-state index >= 15 is 0 Å². The average Bonchev–Trinajstić information content (AvgIpc) is 3.09. The first kappa shape index (κ1) is 28.2. The van der Waals surface area contributed by atoms with Gasteiger partial charge in [0.1, 0.15) is 12.4 Å². The number of aromatic nitrogens is 2. The molecule has 0 amide bonds. The quantitative estimate of drug-likeness (QED) is 0.163. The lowest BCUT2D eigenvalue weighted by Crippen LogP contribution is -2.07. The maximum atomic E-state index is 8.82. The van der Waals surface area contributed by atoms with Crippen LogP contribution in [-0.4, -0.2) is 28.4 Å². The molecule has 6 heteroatoms.